The van der Waals surface area contributed by atoms with Crippen molar-refractivity contribution < 1.29 is 8.78 Å². The fourth-order valence-electron chi connectivity index (χ4n) is 2.71. The highest BCUT2D eigenvalue weighted by molar-refractivity contribution is 5.76. The number of hydrogen-bond donors (Lipinski definition) is 2. The summed E-state index contributed by atoms with van der Waals surface area (Å²) in [4.78, 5) is 7.24. The summed E-state index contributed by atoms with van der Waals surface area (Å²) in [5.41, 5.74) is 1.46. The molecule has 19 heavy (non-hydrogen) atoms. The minimum absolute atomic E-state index is 0.0584. The lowest BCUT2D eigenvalue weighted by atomic mass is 9.94. The van der Waals surface area contributed by atoms with Crippen LogP contribution in [0.3, 0.4) is 0 Å². The van der Waals surface area contributed by atoms with Gasteiger partial charge in [-0.25, -0.2) is 4.98 Å². The van der Waals surface area contributed by atoms with E-state index in [2.05, 4.69) is 15.3 Å². The Kier molecular flexibility index (Phi) is 3.01. The van der Waals surface area contributed by atoms with E-state index in [0.29, 0.717) is 18.5 Å². The average Bonchev–Trinajstić information content (AvgIpc) is 2.78. The molecular weight excluding hydrogens is 248 g/mol. The van der Waals surface area contributed by atoms with E-state index in [0.717, 1.165) is 24.2 Å². The fraction of sp³-hybridized carbons (Fsp3) is 0.500. The lowest BCUT2D eigenvalue weighted by molar-refractivity contribution is -0.0511. The van der Waals surface area contributed by atoms with Gasteiger partial charge in [0.2, 0.25) is 0 Å². The molecule has 102 valence electrons. The number of fused-ring (bicyclic) bond motifs is 1. The van der Waals surface area contributed by atoms with Crippen LogP contribution in [0.1, 0.15) is 30.7 Å². The Morgan fingerprint density at radius 2 is 2.16 bits per heavy atom. The first-order valence-corrected chi connectivity index (χ1v) is 6.65. The molecule has 1 atom stereocenters. The summed E-state index contributed by atoms with van der Waals surface area (Å²) in [6, 6.07) is 3.90. The van der Waals surface area contributed by atoms with Crippen LogP contribution in [0, 0.1) is 6.92 Å². The average molecular weight is 265 g/mol. The highest BCUT2D eigenvalue weighted by atomic mass is 19.3. The second-order valence-electron chi connectivity index (χ2n) is 5.18. The van der Waals surface area contributed by atoms with Crippen LogP contribution in [-0.2, 0) is 5.92 Å². The van der Waals surface area contributed by atoms with Crippen LogP contribution < -0.4 is 5.32 Å². The minimum atomic E-state index is -2.84. The van der Waals surface area contributed by atoms with Crippen LogP contribution >= 0.6 is 0 Å². The van der Waals surface area contributed by atoms with Crippen LogP contribution in [0.5, 0.6) is 0 Å². The summed E-state index contributed by atoms with van der Waals surface area (Å²) in [6.45, 7) is 2.49. The number of nitrogens with zero attached hydrogens (tertiary/aromatic N) is 1. The van der Waals surface area contributed by atoms with Crippen LogP contribution in [0.4, 0.5) is 8.78 Å². The van der Waals surface area contributed by atoms with Gasteiger partial charge in [0.05, 0.1) is 17.1 Å². The van der Waals surface area contributed by atoms with Crippen LogP contribution in [0.2, 0.25) is 0 Å². The second-order valence-corrected chi connectivity index (χ2v) is 5.18. The van der Waals surface area contributed by atoms with Gasteiger partial charge in [-0.05, 0) is 38.4 Å². The monoisotopic (exact) mass is 265 g/mol. The van der Waals surface area contributed by atoms with Gasteiger partial charge < -0.3 is 10.3 Å². The maximum atomic E-state index is 14.5. The van der Waals surface area contributed by atoms with E-state index < -0.39 is 12.0 Å². The Labute approximate surface area is 110 Å². The molecule has 5 heteroatoms. The zero-order chi connectivity index (χ0) is 13.5. The van der Waals surface area contributed by atoms with E-state index in [1.165, 1.54) is 12.1 Å². The highest BCUT2D eigenvalue weighted by Crippen LogP contribution is 2.36. The van der Waals surface area contributed by atoms with Crippen molar-refractivity contribution in [1.29, 1.82) is 0 Å². The number of aryl methyl sites for hydroxylation is 1. The molecule has 1 aliphatic rings. The molecule has 3 nitrogen and oxygen atoms in total. The maximum Gasteiger partial charge on any atom is 0.288 e. The molecule has 0 bridgehead atoms. The number of hydrogen-bond acceptors (Lipinski definition) is 2. The maximum absolute atomic E-state index is 14.5. The smallest absolute Gasteiger partial charge is 0.288 e. The molecule has 1 fully saturated rings. The number of piperidine rings is 1. The molecule has 2 N–H and O–H groups in total. The molecule has 0 radical (unpaired) electrons. The molecule has 0 aliphatic carbocycles. The van der Waals surface area contributed by atoms with Crippen molar-refractivity contribution in [3.63, 3.8) is 0 Å². The number of aromatic nitrogens is 2. The standard InChI is InChI=1S/C14H17F2N3/c1-9-18-11-6-5-10(8-12(11)19-9)14(15,16)13-4-2-3-7-17-13/h5-6,8,13,17H,2-4,7H2,1H3,(H,18,19). The Balaban J connectivity index is 1.96. The van der Waals surface area contributed by atoms with Crippen molar-refractivity contribution in [2.45, 2.75) is 38.2 Å². The van der Waals surface area contributed by atoms with Gasteiger partial charge in [0.15, 0.2) is 0 Å². The van der Waals surface area contributed by atoms with Crippen molar-refractivity contribution in [2.75, 3.05) is 6.54 Å². The third-order valence-corrected chi connectivity index (χ3v) is 3.73. The molecule has 0 spiro atoms. The first-order chi connectivity index (χ1) is 9.07. The summed E-state index contributed by atoms with van der Waals surface area (Å²) in [6.07, 6.45) is 2.36. The number of aromatic amines is 1. The first-order valence-electron chi connectivity index (χ1n) is 6.65. The van der Waals surface area contributed by atoms with Gasteiger partial charge in [0.25, 0.3) is 5.92 Å². The molecule has 1 saturated heterocycles. The second kappa shape index (κ2) is 4.56. The first kappa shape index (κ1) is 12.5. The Morgan fingerprint density at radius 1 is 1.32 bits per heavy atom. The molecule has 1 aromatic heterocycles. The largest absolute Gasteiger partial charge is 0.342 e. The van der Waals surface area contributed by atoms with E-state index in [1.54, 1.807) is 6.07 Å². The van der Waals surface area contributed by atoms with Crippen molar-refractivity contribution >= 4 is 11.0 Å². The van der Waals surface area contributed by atoms with Crippen molar-refractivity contribution in [1.82, 2.24) is 15.3 Å². The number of H-pyrrole nitrogens is 1. The number of benzene rings is 1. The summed E-state index contributed by atoms with van der Waals surface area (Å²) < 4.78 is 29.0. The van der Waals surface area contributed by atoms with Gasteiger partial charge in [-0.3, -0.25) is 0 Å². The van der Waals surface area contributed by atoms with Gasteiger partial charge in [-0.1, -0.05) is 12.5 Å². The van der Waals surface area contributed by atoms with E-state index >= 15 is 0 Å². The fourth-order valence-corrected chi connectivity index (χ4v) is 2.71. The number of alkyl halides is 2. The van der Waals surface area contributed by atoms with E-state index in [4.69, 9.17) is 0 Å². The molecule has 1 aliphatic heterocycles. The molecule has 1 unspecified atom stereocenters. The van der Waals surface area contributed by atoms with Crippen molar-refractivity contribution in [2.24, 2.45) is 0 Å². The number of rotatable bonds is 2. The van der Waals surface area contributed by atoms with Crippen LogP contribution in [0.25, 0.3) is 11.0 Å². The summed E-state index contributed by atoms with van der Waals surface area (Å²) >= 11 is 0. The molecule has 1 aromatic carbocycles. The van der Waals surface area contributed by atoms with Crippen LogP contribution in [0.15, 0.2) is 18.2 Å². The number of nitrogens with one attached hydrogen (secondary N) is 2. The Morgan fingerprint density at radius 3 is 2.89 bits per heavy atom. The molecule has 3 rings (SSSR count). The summed E-state index contributed by atoms with van der Waals surface area (Å²) in [5, 5.41) is 2.94. The number of halogens is 2. The molecule has 0 saturated carbocycles. The predicted molar refractivity (Wildman–Crippen MR) is 70.4 cm³/mol. The normalized spacial score (nSPS) is 20.9. The molecule has 2 aromatic rings. The topological polar surface area (TPSA) is 40.7 Å². The summed E-state index contributed by atoms with van der Waals surface area (Å²) in [7, 11) is 0. The Bertz CT molecular complexity index is 585. The van der Waals surface area contributed by atoms with E-state index in [1.807, 2.05) is 6.92 Å². The van der Waals surface area contributed by atoms with Crippen molar-refractivity contribution in [3.8, 4) is 0 Å². The lowest BCUT2D eigenvalue weighted by Gasteiger charge is -2.31. The van der Waals surface area contributed by atoms with E-state index in [-0.39, 0.29) is 5.56 Å². The van der Waals surface area contributed by atoms with Gasteiger partial charge >= 0.3 is 0 Å². The molecule has 0 amide bonds. The third kappa shape index (κ3) is 2.23. The van der Waals surface area contributed by atoms with E-state index in [9.17, 15) is 8.78 Å². The van der Waals surface area contributed by atoms with Gasteiger partial charge in [-0.15, -0.1) is 0 Å². The SMILES string of the molecule is Cc1nc2ccc(C(F)(F)C3CCCCN3)cc2[nH]1. The quantitative estimate of drug-likeness (QED) is 0.876. The lowest BCUT2D eigenvalue weighted by Crippen LogP contribution is -2.45. The molecular formula is C14H17F2N3. The number of imidazole rings is 1. The van der Waals surface area contributed by atoms with Gasteiger partial charge in [0.1, 0.15) is 5.82 Å². The zero-order valence-corrected chi connectivity index (χ0v) is 10.8. The minimum Gasteiger partial charge on any atom is -0.342 e. The summed E-state index contributed by atoms with van der Waals surface area (Å²) in [5.74, 6) is -2.10. The Hall–Kier alpha value is -1.49. The third-order valence-electron chi connectivity index (χ3n) is 3.73. The zero-order valence-electron chi connectivity index (χ0n) is 10.8. The highest BCUT2D eigenvalue weighted by Gasteiger charge is 2.41. The molecule has 2 heterocycles. The van der Waals surface area contributed by atoms with Gasteiger partial charge in [-0.2, -0.15) is 8.78 Å². The van der Waals surface area contributed by atoms with Crippen LogP contribution in [-0.4, -0.2) is 22.6 Å². The van der Waals surface area contributed by atoms with Crippen molar-refractivity contribution in [3.05, 3.63) is 29.6 Å². The predicted octanol–water partition coefficient (Wildman–Crippen LogP) is 3.11. The van der Waals surface area contributed by atoms with Gasteiger partial charge in [0, 0.05) is 5.56 Å².